The molecule has 0 unspecified atom stereocenters. The van der Waals surface area contributed by atoms with Crippen LogP contribution in [0.5, 0.6) is 5.75 Å². The highest BCUT2D eigenvalue weighted by Gasteiger charge is 2.36. The number of piperazine rings is 1. The summed E-state index contributed by atoms with van der Waals surface area (Å²) >= 11 is 4.86. The SMILES string of the molecule is CC(C)(C)OC(=O)N1CCN2Cc3c(F)c(I)c(Br)c(F)c3OC[C@H]2C1. The maximum Gasteiger partial charge on any atom is 0.410 e. The fourth-order valence-electron chi connectivity index (χ4n) is 3.08. The monoisotopic (exact) mass is 544 g/mol. The van der Waals surface area contributed by atoms with Gasteiger partial charge in [0.2, 0.25) is 0 Å². The Labute approximate surface area is 173 Å². The van der Waals surface area contributed by atoms with E-state index in [-0.39, 0.29) is 44.6 Å². The number of halogens is 4. The molecular weight excluding hydrogens is 525 g/mol. The molecule has 5 nitrogen and oxygen atoms in total. The molecule has 0 N–H and O–H groups in total. The Morgan fingerprint density at radius 2 is 2.00 bits per heavy atom. The first kappa shape index (κ1) is 20.1. The van der Waals surface area contributed by atoms with Crippen LogP contribution in [-0.2, 0) is 11.3 Å². The summed E-state index contributed by atoms with van der Waals surface area (Å²) in [5, 5.41) is 0. The third-order valence-corrected chi connectivity index (χ3v) is 6.85. The molecule has 2 aliphatic rings. The molecular formula is C17H20BrF2IN2O3. The van der Waals surface area contributed by atoms with Crippen LogP contribution in [0.1, 0.15) is 26.3 Å². The topological polar surface area (TPSA) is 42.0 Å². The Bertz CT molecular complexity index is 742. The number of carbonyl (C=O) groups is 1. The van der Waals surface area contributed by atoms with E-state index in [4.69, 9.17) is 9.47 Å². The first-order chi connectivity index (χ1) is 12.1. The second kappa shape index (κ2) is 7.38. The molecule has 0 aromatic heterocycles. The molecule has 1 fully saturated rings. The van der Waals surface area contributed by atoms with Gasteiger partial charge in [-0.05, 0) is 59.3 Å². The van der Waals surface area contributed by atoms with E-state index in [9.17, 15) is 13.6 Å². The molecule has 1 atom stereocenters. The van der Waals surface area contributed by atoms with E-state index in [1.54, 1.807) is 27.5 Å². The third-order valence-electron chi connectivity index (χ3n) is 4.35. The minimum absolute atomic E-state index is 0.0481. The number of rotatable bonds is 0. The molecule has 9 heteroatoms. The highest BCUT2D eigenvalue weighted by atomic mass is 127. The summed E-state index contributed by atoms with van der Waals surface area (Å²) in [4.78, 5) is 16.0. The minimum Gasteiger partial charge on any atom is -0.488 e. The summed E-state index contributed by atoms with van der Waals surface area (Å²) in [6.07, 6.45) is -0.381. The van der Waals surface area contributed by atoms with Crippen molar-refractivity contribution in [1.29, 1.82) is 0 Å². The summed E-state index contributed by atoms with van der Waals surface area (Å²) in [5.74, 6) is -1.10. The minimum atomic E-state index is -0.588. The zero-order valence-corrected chi connectivity index (χ0v) is 18.5. The average molecular weight is 545 g/mol. The first-order valence-electron chi connectivity index (χ1n) is 8.28. The van der Waals surface area contributed by atoms with Crippen LogP contribution >= 0.6 is 38.5 Å². The Balaban J connectivity index is 1.80. The molecule has 2 aliphatic heterocycles. The number of nitrogens with zero attached hydrogens (tertiary/aromatic N) is 2. The Hall–Kier alpha value is -0.680. The standard InChI is InChI=1S/C17H20BrF2IN2O3/c1-17(2,3)26-16(24)23-5-4-22-7-10-12(19)14(21)11(18)13(20)15(10)25-8-9(22)6-23/h9H,4-8H2,1-3H3/t9-/m1/s1. The van der Waals surface area contributed by atoms with Gasteiger partial charge in [0.25, 0.3) is 0 Å². The summed E-state index contributed by atoms with van der Waals surface area (Å²) in [6.45, 7) is 7.28. The van der Waals surface area contributed by atoms with Gasteiger partial charge in [0, 0.05) is 31.7 Å². The van der Waals surface area contributed by atoms with E-state index in [0.29, 0.717) is 19.6 Å². The number of ether oxygens (including phenoxy) is 2. The quantitative estimate of drug-likeness (QED) is 0.280. The lowest BCUT2D eigenvalue weighted by Crippen LogP contribution is -2.56. The fourth-order valence-corrected chi connectivity index (χ4v) is 4.00. The van der Waals surface area contributed by atoms with Crippen molar-refractivity contribution in [3.63, 3.8) is 0 Å². The van der Waals surface area contributed by atoms with Crippen LogP contribution in [0.4, 0.5) is 13.6 Å². The summed E-state index contributed by atoms with van der Waals surface area (Å²) < 4.78 is 40.5. The predicted octanol–water partition coefficient (Wildman–Crippen LogP) is 4.15. The molecule has 1 amide bonds. The van der Waals surface area contributed by atoms with Crippen molar-refractivity contribution in [3.05, 3.63) is 25.2 Å². The van der Waals surface area contributed by atoms with Crippen LogP contribution in [0.25, 0.3) is 0 Å². The second-order valence-corrected chi connectivity index (χ2v) is 9.30. The van der Waals surface area contributed by atoms with Gasteiger partial charge < -0.3 is 14.4 Å². The van der Waals surface area contributed by atoms with Gasteiger partial charge >= 0.3 is 6.09 Å². The van der Waals surface area contributed by atoms with Crippen molar-refractivity contribution in [2.24, 2.45) is 0 Å². The zero-order valence-electron chi connectivity index (χ0n) is 14.7. The van der Waals surface area contributed by atoms with Crippen LogP contribution in [-0.4, -0.2) is 53.8 Å². The van der Waals surface area contributed by atoms with Gasteiger partial charge in [-0.1, -0.05) is 0 Å². The van der Waals surface area contributed by atoms with E-state index in [1.807, 2.05) is 25.7 Å². The Morgan fingerprint density at radius 1 is 1.31 bits per heavy atom. The maximum absolute atomic E-state index is 14.7. The first-order valence-corrected chi connectivity index (χ1v) is 10.1. The van der Waals surface area contributed by atoms with E-state index in [0.717, 1.165) is 0 Å². The lowest BCUT2D eigenvalue weighted by Gasteiger charge is -2.40. The van der Waals surface area contributed by atoms with Crippen molar-refractivity contribution < 1.29 is 23.0 Å². The lowest BCUT2D eigenvalue weighted by molar-refractivity contribution is -0.00174. The molecule has 0 bridgehead atoms. The third kappa shape index (κ3) is 3.94. The van der Waals surface area contributed by atoms with E-state index < -0.39 is 17.2 Å². The largest absolute Gasteiger partial charge is 0.488 e. The van der Waals surface area contributed by atoms with Crippen LogP contribution in [0, 0.1) is 15.2 Å². The van der Waals surface area contributed by atoms with Gasteiger partial charge in [0.05, 0.1) is 14.1 Å². The normalized spacial score (nSPS) is 20.7. The molecule has 3 rings (SSSR count). The molecule has 0 saturated carbocycles. The highest BCUT2D eigenvalue weighted by molar-refractivity contribution is 14.1. The number of benzene rings is 1. The van der Waals surface area contributed by atoms with Gasteiger partial charge in [-0.15, -0.1) is 0 Å². The van der Waals surface area contributed by atoms with Gasteiger partial charge in [-0.3, -0.25) is 4.90 Å². The zero-order chi connectivity index (χ0) is 19.2. The number of hydrogen-bond donors (Lipinski definition) is 0. The molecule has 144 valence electrons. The summed E-state index contributed by atoms with van der Waals surface area (Å²) in [6, 6.07) is -0.154. The number of amides is 1. The van der Waals surface area contributed by atoms with Gasteiger partial charge in [-0.2, -0.15) is 0 Å². The van der Waals surface area contributed by atoms with Crippen LogP contribution in [0.2, 0.25) is 0 Å². The molecule has 2 heterocycles. The highest BCUT2D eigenvalue weighted by Crippen LogP contribution is 2.38. The predicted molar refractivity (Wildman–Crippen MR) is 104 cm³/mol. The molecule has 0 radical (unpaired) electrons. The molecule has 1 aromatic rings. The van der Waals surface area contributed by atoms with Crippen molar-refractivity contribution in [2.45, 2.75) is 39.0 Å². The Morgan fingerprint density at radius 3 is 2.65 bits per heavy atom. The molecule has 1 aromatic carbocycles. The van der Waals surface area contributed by atoms with Gasteiger partial charge in [0.15, 0.2) is 11.6 Å². The summed E-state index contributed by atoms with van der Waals surface area (Å²) in [5.41, 5.74) is -0.345. The second-order valence-electron chi connectivity index (χ2n) is 7.43. The van der Waals surface area contributed by atoms with Gasteiger partial charge in [-0.25, -0.2) is 13.6 Å². The molecule has 0 spiro atoms. The van der Waals surface area contributed by atoms with Crippen LogP contribution in [0.15, 0.2) is 4.47 Å². The van der Waals surface area contributed by atoms with Crippen LogP contribution in [0.3, 0.4) is 0 Å². The average Bonchev–Trinajstić information content (AvgIpc) is 2.75. The van der Waals surface area contributed by atoms with Crippen LogP contribution < -0.4 is 4.74 Å². The maximum atomic E-state index is 14.7. The summed E-state index contributed by atoms with van der Waals surface area (Å²) in [7, 11) is 0. The van der Waals surface area contributed by atoms with E-state index >= 15 is 0 Å². The van der Waals surface area contributed by atoms with E-state index in [1.165, 1.54) is 0 Å². The number of carbonyl (C=O) groups excluding carboxylic acids is 1. The number of hydrogen-bond acceptors (Lipinski definition) is 4. The van der Waals surface area contributed by atoms with Gasteiger partial charge in [0.1, 0.15) is 18.0 Å². The number of fused-ring (bicyclic) bond motifs is 2. The molecule has 1 saturated heterocycles. The smallest absolute Gasteiger partial charge is 0.410 e. The Kier molecular flexibility index (Phi) is 5.70. The van der Waals surface area contributed by atoms with Crippen molar-refractivity contribution >= 4 is 44.6 Å². The fraction of sp³-hybridized carbons (Fsp3) is 0.588. The lowest BCUT2D eigenvalue weighted by atomic mass is 10.1. The van der Waals surface area contributed by atoms with E-state index in [2.05, 4.69) is 15.9 Å². The molecule has 0 aliphatic carbocycles. The van der Waals surface area contributed by atoms with Crippen molar-refractivity contribution in [1.82, 2.24) is 9.80 Å². The van der Waals surface area contributed by atoms with Crippen molar-refractivity contribution in [3.8, 4) is 5.75 Å². The van der Waals surface area contributed by atoms with Crippen molar-refractivity contribution in [2.75, 3.05) is 26.2 Å². The molecule has 26 heavy (non-hydrogen) atoms.